The van der Waals surface area contributed by atoms with Gasteiger partial charge < -0.3 is 0 Å². The molecule has 0 saturated carbocycles. The molecule has 0 fully saturated rings. The highest BCUT2D eigenvalue weighted by Crippen LogP contribution is 2.34. The third-order valence-electron chi connectivity index (χ3n) is 3.22. The van der Waals surface area contributed by atoms with Crippen LogP contribution in [-0.4, -0.2) is 4.98 Å². The quantitative estimate of drug-likeness (QED) is 0.686. The Bertz CT molecular complexity index is 756. The summed E-state index contributed by atoms with van der Waals surface area (Å²) in [6, 6.07) is 22.0. The fourth-order valence-electron chi connectivity index (χ4n) is 2.33. The summed E-state index contributed by atoms with van der Waals surface area (Å²) in [6.45, 7) is 0. The van der Waals surface area contributed by atoms with E-state index in [2.05, 4.69) is 23.2 Å². The van der Waals surface area contributed by atoms with Crippen LogP contribution in [0.15, 0.2) is 73.1 Å². The molecule has 2 aromatic carbocycles. The zero-order chi connectivity index (χ0) is 13.8. The molecule has 0 aliphatic carbocycles. The first-order valence-electron chi connectivity index (χ1n) is 6.39. The van der Waals surface area contributed by atoms with Crippen LogP contribution in [-0.2, 0) is 0 Å². The van der Waals surface area contributed by atoms with E-state index in [-0.39, 0.29) is 0 Å². The van der Waals surface area contributed by atoms with Crippen molar-refractivity contribution >= 4 is 0 Å². The van der Waals surface area contributed by atoms with Gasteiger partial charge in [0.05, 0.1) is 11.6 Å². The molecule has 1 aromatic heterocycles. The van der Waals surface area contributed by atoms with Crippen molar-refractivity contribution in [2.75, 3.05) is 0 Å². The first-order valence-corrected chi connectivity index (χ1v) is 6.39. The van der Waals surface area contributed by atoms with Crippen LogP contribution in [0.5, 0.6) is 0 Å². The van der Waals surface area contributed by atoms with Crippen molar-refractivity contribution in [3.05, 3.63) is 78.6 Å². The van der Waals surface area contributed by atoms with Crippen molar-refractivity contribution in [1.29, 1.82) is 5.26 Å². The van der Waals surface area contributed by atoms with Gasteiger partial charge in [-0.25, -0.2) is 0 Å². The van der Waals surface area contributed by atoms with Gasteiger partial charge in [0.2, 0.25) is 0 Å². The summed E-state index contributed by atoms with van der Waals surface area (Å²) in [5.41, 5.74) is 4.72. The molecule has 94 valence electrons. The Balaban J connectivity index is 2.30. The second-order valence-corrected chi connectivity index (χ2v) is 4.45. The third-order valence-corrected chi connectivity index (χ3v) is 3.22. The second-order valence-electron chi connectivity index (χ2n) is 4.45. The number of hydrogen-bond acceptors (Lipinski definition) is 2. The van der Waals surface area contributed by atoms with Crippen LogP contribution >= 0.6 is 0 Å². The molecule has 3 rings (SSSR count). The lowest BCUT2D eigenvalue weighted by Crippen LogP contribution is -1.90. The number of benzene rings is 2. The normalized spacial score (nSPS) is 9.95. The van der Waals surface area contributed by atoms with Crippen LogP contribution in [0, 0.1) is 11.3 Å². The van der Waals surface area contributed by atoms with Crippen molar-refractivity contribution in [3.63, 3.8) is 0 Å². The molecule has 3 aromatic rings. The smallest absolute Gasteiger partial charge is 0.0998 e. The van der Waals surface area contributed by atoms with E-state index in [4.69, 9.17) is 0 Å². The van der Waals surface area contributed by atoms with Gasteiger partial charge in [-0.05, 0) is 23.3 Å². The van der Waals surface area contributed by atoms with Crippen molar-refractivity contribution in [2.45, 2.75) is 0 Å². The van der Waals surface area contributed by atoms with Gasteiger partial charge in [-0.3, -0.25) is 4.98 Å². The molecule has 0 radical (unpaired) electrons. The summed E-state index contributed by atoms with van der Waals surface area (Å²) in [7, 11) is 0. The molecule has 2 nitrogen and oxygen atoms in total. The van der Waals surface area contributed by atoms with E-state index in [9.17, 15) is 5.26 Å². The van der Waals surface area contributed by atoms with E-state index in [1.54, 1.807) is 12.4 Å². The van der Waals surface area contributed by atoms with Gasteiger partial charge in [-0.15, -0.1) is 0 Å². The molecule has 0 N–H and O–H groups in total. The standard InChI is InChI=1S/C18H12N2/c19-12-15-8-4-10-17(14-6-2-1-3-7-14)18(15)16-9-5-11-20-13-16/h1-11,13H. The van der Waals surface area contributed by atoms with Crippen LogP contribution in [0.3, 0.4) is 0 Å². The molecule has 0 aliphatic heterocycles. The molecule has 0 atom stereocenters. The maximum absolute atomic E-state index is 9.38. The number of hydrogen-bond donors (Lipinski definition) is 0. The van der Waals surface area contributed by atoms with Crippen LogP contribution in [0.1, 0.15) is 5.56 Å². The van der Waals surface area contributed by atoms with Crippen molar-refractivity contribution in [2.24, 2.45) is 0 Å². The van der Waals surface area contributed by atoms with E-state index >= 15 is 0 Å². The molecule has 20 heavy (non-hydrogen) atoms. The Morgan fingerprint density at radius 1 is 0.800 bits per heavy atom. The summed E-state index contributed by atoms with van der Waals surface area (Å²) < 4.78 is 0. The first kappa shape index (κ1) is 12.1. The van der Waals surface area contributed by atoms with Gasteiger partial charge in [0.1, 0.15) is 0 Å². The number of nitriles is 1. The topological polar surface area (TPSA) is 36.7 Å². The minimum Gasteiger partial charge on any atom is -0.264 e. The fraction of sp³-hybridized carbons (Fsp3) is 0. The summed E-state index contributed by atoms with van der Waals surface area (Å²) in [6.07, 6.45) is 3.53. The molecule has 0 aliphatic rings. The summed E-state index contributed by atoms with van der Waals surface area (Å²) in [4.78, 5) is 4.16. The van der Waals surface area contributed by atoms with Gasteiger partial charge in [0, 0.05) is 23.5 Å². The van der Waals surface area contributed by atoms with E-state index in [1.165, 1.54) is 0 Å². The van der Waals surface area contributed by atoms with Crippen molar-refractivity contribution in [3.8, 4) is 28.3 Å². The van der Waals surface area contributed by atoms with Crippen LogP contribution in [0.2, 0.25) is 0 Å². The lowest BCUT2D eigenvalue weighted by Gasteiger charge is -2.11. The predicted molar refractivity (Wildman–Crippen MR) is 79.8 cm³/mol. The molecule has 0 bridgehead atoms. The minimum atomic E-state index is 0.666. The van der Waals surface area contributed by atoms with E-state index in [1.807, 2.05) is 48.5 Å². The average Bonchev–Trinajstić information content (AvgIpc) is 2.55. The highest BCUT2D eigenvalue weighted by atomic mass is 14.6. The molecular formula is C18H12N2. The number of aromatic nitrogens is 1. The molecule has 0 amide bonds. The molecule has 0 saturated heterocycles. The van der Waals surface area contributed by atoms with Gasteiger partial charge in [-0.1, -0.05) is 48.5 Å². The second kappa shape index (κ2) is 5.38. The zero-order valence-electron chi connectivity index (χ0n) is 10.8. The molecule has 1 heterocycles. The fourth-order valence-corrected chi connectivity index (χ4v) is 2.33. The molecule has 0 unspecified atom stereocenters. The number of pyridine rings is 1. The average molecular weight is 256 g/mol. The van der Waals surface area contributed by atoms with Gasteiger partial charge in [-0.2, -0.15) is 5.26 Å². The number of rotatable bonds is 2. The highest BCUT2D eigenvalue weighted by molar-refractivity contribution is 5.86. The van der Waals surface area contributed by atoms with E-state index in [0.29, 0.717) is 5.56 Å². The molecular weight excluding hydrogens is 244 g/mol. The van der Waals surface area contributed by atoms with Crippen LogP contribution in [0.4, 0.5) is 0 Å². The molecule has 0 spiro atoms. The SMILES string of the molecule is N#Cc1cccc(-c2ccccc2)c1-c1cccnc1. The third kappa shape index (κ3) is 2.17. The lowest BCUT2D eigenvalue weighted by atomic mass is 9.92. The lowest BCUT2D eigenvalue weighted by molar-refractivity contribution is 1.33. The van der Waals surface area contributed by atoms with Crippen LogP contribution in [0.25, 0.3) is 22.3 Å². The monoisotopic (exact) mass is 256 g/mol. The van der Waals surface area contributed by atoms with Crippen LogP contribution < -0.4 is 0 Å². The maximum atomic E-state index is 9.38. The van der Waals surface area contributed by atoms with Gasteiger partial charge >= 0.3 is 0 Å². The molecule has 2 heteroatoms. The maximum Gasteiger partial charge on any atom is 0.0998 e. The first-order chi connectivity index (χ1) is 9.90. The van der Waals surface area contributed by atoms with Gasteiger partial charge in [0.25, 0.3) is 0 Å². The predicted octanol–water partition coefficient (Wildman–Crippen LogP) is 4.29. The highest BCUT2D eigenvalue weighted by Gasteiger charge is 2.11. The van der Waals surface area contributed by atoms with Crippen molar-refractivity contribution in [1.82, 2.24) is 4.98 Å². The Kier molecular flexibility index (Phi) is 3.26. The zero-order valence-corrected chi connectivity index (χ0v) is 10.8. The van der Waals surface area contributed by atoms with E-state index in [0.717, 1.165) is 22.3 Å². The summed E-state index contributed by atoms with van der Waals surface area (Å²) in [5, 5.41) is 9.38. The Morgan fingerprint density at radius 2 is 1.60 bits per heavy atom. The van der Waals surface area contributed by atoms with Gasteiger partial charge in [0.15, 0.2) is 0 Å². The number of nitrogens with zero attached hydrogens (tertiary/aromatic N) is 2. The van der Waals surface area contributed by atoms with E-state index < -0.39 is 0 Å². The Labute approximate surface area is 118 Å². The Morgan fingerprint density at radius 3 is 2.30 bits per heavy atom. The van der Waals surface area contributed by atoms with Crippen molar-refractivity contribution < 1.29 is 0 Å². The largest absolute Gasteiger partial charge is 0.264 e. The Hall–Kier alpha value is -2.92. The summed E-state index contributed by atoms with van der Waals surface area (Å²) in [5.74, 6) is 0. The minimum absolute atomic E-state index is 0.666. The summed E-state index contributed by atoms with van der Waals surface area (Å²) >= 11 is 0.